The molecule has 0 radical (unpaired) electrons. The third kappa shape index (κ3) is 4.88. The molecule has 3 aromatic rings. The molecule has 0 spiro atoms. The number of thiophene rings is 1. The molecule has 10 heteroatoms. The summed E-state index contributed by atoms with van der Waals surface area (Å²) in [6.07, 6.45) is 9.20. The molecule has 0 atom stereocenters. The number of pyridine rings is 1. The van der Waals surface area contributed by atoms with E-state index in [-0.39, 0.29) is 16.7 Å². The summed E-state index contributed by atoms with van der Waals surface area (Å²) in [5.74, 6) is 2.34. The van der Waals surface area contributed by atoms with Gasteiger partial charge >= 0.3 is 0 Å². The number of hydrogen-bond donors (Lipinski definition) is 2. The maximum atomic E-state index is 12.9. The van der Waals surface area contributed by atoms with E-state index in [1.54, 1.807) is 53.0 Å². The average Bonchev–Trinajstić information content (AvgIpc) is 3.23. The number of benzene rings is 1. The second-order valence-electron chi connectivity index (χ2n) is 7.17. The van der Waals surface area contributed by atoms with Crippen LogP contribution in [0.3, 0.4) is 0 Å². The smallest absolute Gasteiger partial charge is 0.262 e. The van der Waals surface area contributed by atoms with E-state index in [0.717, 1.165) is 16.8 Å². The van der Waals surface area contributed by atoms with Gasteiger partial charge in [-0.05, 0) is 41.8 Å². The van der Waals surface area contributed by atoms with E-state index in [9.17, 15) is 13.2 Å². The zero-order chi connectivity index (χ0) is 22.7. The minimum atomic E-state index is -3.76. The minimum absolute atomic E-state index is 0.0603. The van der Waals surface area contributed by atoms with Gasteiger partial charge in [0.15, 0.2) is 0 Å². The Morgan fingerprint density at radius 1 is 1.22 bits per heavy atom. The van der Waals surface area contributed by atoms with E-state index in [1.165, 1.54) is 11.3 Å². The van der Waals surface area contributed by atoms with Crippen LogP contribution >= 0.6 is 22.9 Å². The molecular formula is C22H19ClN4O3S2. The number of fused-ring (bicyclic) bond motifs is 1. The molecular weight excluding hydrogens is 468 g/mol. The van der Waals surface area contributed by atoms with Crippen molar-refractivity contribution in [2.24, 2.45) is 0 Å². The van der Waals surface area contributed by atoms with Crippen LogP contribution in [0.2, 0.25) is 0 Å². The van der Waals surface area contributed by atoms with E-state index in [4.69, 9.17) is 18.0 Å². The first-order valence-corrected chi connectivity index (χ1v) is 12.5. The number of halogens is 1. The van der Waals surface area contributed by atoms with Crippen LogP contribution in [0.5, 0.6) is 0 Å². The fourth-order valence-corrected chi connectivity index (χ4v) is 5.65. The summed E-state index contributed by atoms with van der Waals surface area (Å²) < 4.78 is 28.5. The molecule has 2 aromatic heterocycles. The zero-order valence-corrected chi connectivity index (χ0v) is 19.2. The molecule has 3 heterocycles. The third-order valence-corrected chi connectivity index (χ3v) is 7.56. The molecule has 0 unspecified atom stereocenters. The Labute approximate surface area is 195 Å². The monoisotopic (exact) mass is 486 g/mol. The summed E-state index contributed by atoms with van der Waals surface area (Å²) in [7, 11) is -3.76. The molecule has 32 heavy (non-hydrogen) atoms. The SMILES string of the molecule is C#Cc1cncc(Nc2csc(NS(=O)(=O)c3ccc4c(c3)CCN(C(=O)CCl)C4)c2)c1. The van der Waals surface area contributed by atoms with E-state index in [0.29, 0.717) is 35.8 Å². The van der Waals surface area contributed by atoms with Gasteiger partial charge in [0.25, 0.3) is 10.0 Å². The minimum Gasteiger partial charge on any atom is -0.353 e. The van der Waals surface area contributed by atoms with Gasteiger partial charge in [-0.3, -0.25) is 14.5 Å². The second-order valence-corrected chi connectivity index (χ2v) is 10.0. The Hall–Kier alpha value is -3.06. The highest BCUT2D eigenvalue weighted by molar-refractivity contribution is 7.93. The quantitative estimate of drug-likeness (QED) is 0.408. The number of anilines is 3. The molecule has 4 rings (SSSR count). The van der Waals surface area contributed by atoms with Crippen molar-refractivity contribution in [3.05, 3.63) is 64.8 Å². The van der Waals surface area contributed by atoms with Gasteiger partial charge in [-0.25, -0.2) is 8.42 Å². The van der Waals surface area contributed by atoms with Gasteiger partial charge in [-0.2, -0.15) is 0 Å². The van der Waals surface area contributed by atoms with E-state index < -0.39 is 10.0 Å². The lowest BCUT2D eigenvalue weighted by molar-refractivity contribution is -0.129. The van der Waals surface area contributed by atoms with Crippen molar-refractivity contribution in [3.8, 4) is 12.3 Å². The van der Waals surface area contributed by atoms with Crippen LogP contribution in [0.4, 0.5) is 16.4 Å². The van der Waals surface area contributed by atoms with Gasteiger partial charge in [-0.15, -0.1) is 29.4 Å². The Kier molecular flexibility index (Phi) is 6.37. The van der Waals surface area contributed by atoms with Crippen molar-refractivity contribution >= 4 is 55.2 Å². The second kappa shape index (κ2) is 9.20. The molecule has 1 amide bonds. The molecule has 0 fully saturated rings. The first-order chi connectivity index (χ1) is 15.4. The average molecular weight is 487 g/mol. The third-order valence-electron chi connectivity index (χ3n) is 5.00. The highest BCUT2D eigenvalue weighted by Crippen LogP contribution is 2.30. The van der Waals surface area contributed by atoms with Gasteiger partial charge in [0.05, 0.1) is 22.5 Å². The molecule has 1 aliphatic heterocycles. The normalized spacial score (nSPS) is 13.2. The van der Waals surface area contributed by atoms with Crippen molar-refractivity contribution in [1.29, 1.82) is 0 Å². The maximum Gasteiger partial charge on any atom is 0.262 e. The van der Waals surface area contributed by atoms with Crippen molar-refractivity contribution in [2.45, 2.75) is 17.9 Å². The van der Waals surface area contributed by atoms with Crippen LogP contribution < -0.4 is 10.0 Å². The molecule has 0 aliphatic carbocycles. The number of amides is 1. The Bertz CT molecular complexity index is 1310. The van der Waals surface area contributed by atoms with Crippen molar-refractivity contribution in [1.82, 2.24) is 9.88 Å². The van der Waals surface area contributed by atoms with E-state index in [2.05, 4.69) is 20.9 Å². The molecule has 7 nitrogen and oxygen atoms in total. The molecule has 0 bridgehead atoms. The maximum absolute atomic E-state index is 12.9. The number of aromatic nitrogens is 1. The lowest BCUT2D eigenvalue weighted by Gasteiger charge is -2.28. The summed E-state index contributed by atoms with van der Waals surface area (Å²) in [5.41, 5.74) is 3.93. The number of sulfonamides is 1. The van der Waals surface area contributed by atoms with Gasteiger partial charge in [-0.1, -0.05) is 12.0 Å². The van der Waals surface area contributed by atoms with Crippen molar-refractivity contribution in [3.63, 3.8) is 0 Å². The lowest BCUT2D eigenvalue weighted by Crippen LogP contribution is -2.36. The predicted molar refractivity (Wildman–Crippen MR) is 127 cm³/mol. The van der Waals surface area contributed by atoms with E-state index in [1.807, 2.05) is 0 Å². The number of carbonyl (C=O) groups is 1. The Morgan fingerprint density at radius 3 is 2.84 bits per heavy atom. The van der Waals surface area contributed by atoms with Crippen molar-refractivity contribution in [2.75, 3.05) is 22.5 Å². The van der Waals surface area contributed by atoms with E-state index >= 15 is 0 Å². The predicted octanol–water partition coefficient (Wildman–Crippen LogP) is 3.79. The summed E-state index contributed by atoms with van der Waals surface area (Å²) in [6, 6.07) is 8.47. The van der Waals surface area contributed by atoms with Gasteiger partial charge in [0.2, 0.25) is 5.91 Å². The molecule has 164 valence electrons. The van der Waals surface area contributed by atoms with Crippen LogP contribution in [0, 0.1) is 12.3 Å². The van der Waals surface area contributed by atoms with Gasteiger partial charge in [0, 0.05) is 30.2 Å². The summed E-state index contributed by atoms with van der Waals surface area (Å²) in [5, 5.41) is 5.44. The van der Waals surface area contributed by atoms with Crippen LogP contribution in [-0.4, -0.2) is 36.6 Å². The highest BCUT2D eigenvalue weighted by atomic mass is 35.5. The molecule has 1 aliphatic rings. The fraction of sp³-hybridized carbons (Fsp3) is 0.182. The first-order valence-electron chi connectivity index (χ1n) is 9.63. The molecule has 0 saturated carbocycles. The Balaban J connectivity index is 1.47. The number of nitrogens with one attached hydrogen (secondary N) is 2. The van der Waals surface area contributed by atoms with Gasteiger partial charge < -0.3 is 10.2 Å². The Morgan fingerprint density at radius 2 is 2.06 bits per heavy atom. The van der Waals surface area contributed by atoms with Crippen LogP contribution in [0.25, 0.3) is 0 Å². The van der Waals surface area contributed by atoms with Gasteiger partial charge in [0.1, 0.15) is 10.9 Å². The lowest BCUT2D eigenvalue weighted by atomic mass is 10.00. The molecule has 0 saturated heterocycles. The van der Waals surface area contributed by atoms with Crippen LogP contribution in [0.15, 0.2) is 53.0 Å². The first kappa shape index (κ1) is 22.1. The van der Waals surface area contributed by atoms with Crippen LogP contribution in [-0.2, 0) is 27.8 Å². The fourth-order valence-electron chi connectivity index (χ4n) is 3.39. The molecule has 1 aromatic carbocycles. The number of rotatable bonds is 6. The zero-order valence-electron chi connectivity index (χ0n) is 16.8. The summed E-state index contributed by atoms with van der Waals surface area (Å²) in [6.45, 7) is 0.954. The number of alkyl halides is 1. The number of hydrogen-bond acceptors (Lipinski definition) is 6. The number of carbonyl (C=O) groups excluding carboxylic acids is 1. The summed E-state index contributed by atoms with van der Waals surface area (Å²) >= 11 is 6.91. The molecule has 2 N–H and O–H groups in total. The van der Waals surface area contributed by atoms with Crippen molar-refractivity contribution < 1.29 is 13.2 Å². The topological polar surface area (TPSA) is 91.4 Å². The standard InChI is InChI=1S/C22H19ClN4O3S2/c1-2-15-7-18(12-24-11-15)25-19-9-21(31-14-19)26-32(29,30)20-4-3-17-13-27(22(28)10-23)6-5-16(17)8-20/h1,3-4,7-9,11-12,14,25-26H,5-6,10,13H2. The largest absolute Gasteiger partial charge is 0.353 e. The number of nitrogens with zero attached hydrogens (tertiary/aromatic N) is 2. The van der Waals surface area contributed by atoms with Crippen LogP contribution in [0.1, 0.15) is 16.7 Å². The highest BCUT2D eigenvalue weighted by Gasteiger charge is 2.23. The number of terminal acetylenes is 1. The summed E-state index contributed by atoms with van der Waals surface area (Å²) in [4.78, 5) is 17.8.